The van der Waals surface area contributed by atoms with E-state index >= 15 is 0 Å². The summed E-state index contributed by atoms with van der Waals surface area (Å²) in [5.74, 6) is 0.188. The van der Waals surface area contributed by atoms with E-state index in [9.17, 15) is 9.90 Å². The van der Waals surface area contributed by atoms with Gasteiger partial charge >= 0.3 is 0 Å². The van der Waals surface area contributed by atoms with Crippen molar-refractivity contribution in [3.05, 3.63) is 42.2 Å². The number of aliphatic hydroxyl groups is 1. The molecule has 0 saturated carbocycles. The molecule has 0 radical (unpaired) electrons. The molecule has 1 amide bonds. The van der Waals surface area contributed by atoms with E-state index in [1.54, 1.807) is 10.9 Å². The van der Waals surface area contributed by atoms with E-state index in [1.807, 2.05) is 37.3 Å². The van der Waals surface area contributed by atoms with Gasteiger partial charge in [-0.2, -0.15) is 5.10 Å². The highest BCUT2D eigenvalue weighted by molar-refractivity contribution is 5.95. The lowest BCUT2D eigenvalue weighted by Gasteiger charge is -2.13. The molecule has 2 heterocycles. The fourth-order valence-corrected chi connectivity index (χ4v) is 2.78. The maximum Gasteiger partial charge on any atom is 0.275 e. The third kappa shape index (κ3) is 4.75. The molecule has 0 aliphatic carbocycles. The largest absolute Gasteiger partial charge is 0.489 e. The van der Waals surface area contributed by atoms with E-state index in [-0.39, 0.29) is 29.9 Å². The topological polar surface area (TPSA) is 88.4 Å². The van der Waals surface area contributed by atoms with Gasteiger partial charge in [0, 0.05) is 25.6 Å². The van der Waals surface area contributed by atoms with Crippen LogP contribution < -0.4 is 15.4 Å². The van der Waals surface area contributed by atoms with Crippen LogP contribution >= 0.6 is 12.4 Å². The Hall–Kier alpha value is -2.09. The zero-order chi connectivity index (χ0) is 17.6. The molecule has 0 spiro atoms. The van der Waals surface area contributed by atoms with Gasteiger partial charge in [0.1, 0.15) is 0 Å². The Bertz CT molecular complexity index is 708. The molecule has 26 heavy (non-hydrogen) atoms. The molecule has 1 fully saturated rings. The van der Waals surface area contributed by atoms with Crippen molar-refractivity contribution in [3.63, 3.8) is 0 Å². The van der Waals surface area contributed by atoms with Gasteiger partial charge in [-0.15, -0.1) is 12.4 Å². The van der Waals surface area contributed by atoms with E-state index in [4.69, 9.17) is 4.74 Å². The van der Waals surface area contributed by atoms with Gasteiger partial charge in [-0.25, -0.2) is 4.68 Å². The number of halogens is 1. The fraction of sp³-hybridized carbons (Fsp3) is 0.444. The molecule has 7 nitrogen and oxygen atoms in total. The number of aliphatic hydroxyl groups excluding tert-OH is 1. The predicted molar refractivity (Wildman–Crippen MR) is 101 cm³/mol. The van der Waals surface area contributed by atoms with Crippen LogP contribution in [-0.2, 0) is 0 Å². The van der Waals surface area contributed by atoms with Gasteiger partial charge < -0.3 is 20.5 Å². The Morgan fingerprint density at radius 1 is 1.38 bits per heavy atom. The fourth-order valence-electron chi connectivity index (χ4n) is 2.78. The first kappa shape index (κ1) is 20.2. The monoisotopic (exact) mass is 380 g/mol. The average molecular weight is 381 g/mol. The second-order valence-corrected chi connectivity index (χ2v) is 6.17. The number of ether oxygens (including phenoxy) is 1. The molecule has 0 bridgehead atoms. The van der Waals surface area contributed by atoms with Crippen molar-refractivity contribution >= 4 is 18.3 Å². The number of para-hydroxylation sites is 1. The first-order chi connectivity index (χ1) is 12.2. The van der Waals surface area contributed by atoms with Gasteiger partial charge in [0.25, 0.3) is 5.91 Å². The molecule has 3 rings (SSSR count). The molecule has 8 heteroatoms. The summed E-state index contributed by atoms with van der Waals surface area (Å²) in [6.45, 7) is 4.19. The second-order valence-electron chi connectivity index (χ2n) is 6.17. The van der Waals surface area contributed by atoms with Crippen LogP contribution in [0.4, 0.5) is 0 Å². The van der Waals surface area contributed by atoms with Gasteiger partial charge in [0.15, 0.2) is 11.4 Å². The number of carbonyl (C=O) groups excluding carboxylic acids is 1. The number of aromatic nitrogens is 2. The predicted octanol–water partition coefficient (Wildman–Crippen LogP) is 1.39. The first-order valence-corrected chi connectivity index (χ1v) is 8.64. The molecule has 142 valence electrons. The quantitative estimate of drug-likeness (QED) is 0.675. The van der Waals surface area contributed by atoms with Crippen molar-refractivity contribution < 1.29 is 14.6 Å². The minimum Gasteiger partial charge on any atom is -0.489 e. The molecule has 1 aromatic heterocycles. The Morgan fingerprint density at radius 3 is 2.81 bits per heavy atom. The van der Waals surface area contributed by atoms with Gasteiger partial charge in [-0.3, -0.25) is 4.79 Å². The maximum atomic E-state index is 12.6. The zero-order valence-electron chi connectivity index (χ0n) is 14.7. The molecule has 2 unspecified atom stereocenters. The summed E-state index contributed by atoms with van der Waals surface area (Å²) in [5, 5.41) is 20.2. The van der Waals surface area contributed by atoms with Crippen molar-refractivity contribution in [2.75, 3.05) is 26.2 Å². The SMILES string of the molecule is CCCOc1cn(-c2ccccc2)nc1C(=O)NCC1CNCC1O.Cl. The molecule has 3 N–H and O–H groups in total. The van der Waals surface area contributed by atoms with Crippen LogP contribution in [0.3, 0.4) is 0 Å². The van der Waals surface area contributed by atoms with E-state index in [1.165, 1.54) is 0 Å². The number of rotatable bonds is 7. The van der Waals surface area contributed by atoms with Crippen molar-refractivity contribution in [1.82, 2.24) is 20.4 Å². The molecular weight excluding hydrogens is 356 g/mol. The van der Waals surface area contributed by atoms with Crippen LogP contribution in [0.1, 0.15) is 23.8 Å². The highest BCUT2D eigenvalue weighted by Gasteiger charge is 2.26. The minimum atomic E-state index is -0.432. The number of β-amino-alcohol motifs (C(OH)–C–C–N with tert-alkyl or cyclic N) is 1. The maximum absolute atomic E-state index is 12.6. The third-order valence-corrected chi connectivity index (χ3v) is 4.21. The average Bonchev–Trinajstić information content (AvgIpc) is 3.25. The van der Waals surface area contributed by atoms with Crippen molar-refractivity contribution in [3.8, 4) is 11.4 Å². The number of hydrogen-bond acceptors (Lipinski definition) is 5. The number of hydrogen-bond donors (Lipinski definition) is 3. The summed E-state index contributed by atoms with van der Waals surface area (Å²) in [6.07, 6.45) is 2.14. The zero-order valence-corrected chi connectivity index (χ0v) is 15.5. The van der Waals surface area contributed by atoms with Crippen molar-refractivity contribution in [1.29, 1.82) is 0 Å². The molecule has 1 saturated heterocycles. The van der Waals surface area contributed by atoms with Gasteiger partial charge in [0.05, 0.1) is 24.6 Å². The van der Waals surface area contributed by atoms with E-state index < -0.39 is 6.10 Å². The van der Waals surface area contributed by atoms with Gasteiger partial charge in [-0.05, 0) is 18.6 Å². The summed E-state index contributed by atoms with van der Waals surface area (Å²) < 4.78 is 7.34. The summed E-state index contributed by atoms with van der Waals surface area (Å²) in [6, 6.07) is 9.59. The van der Waals surface area contributed by atoms with Crippen LogP contribution in [0.25, 0.3) is 5.69 Å². The summed E-state index contributed by atoms with van der Waals surface area (Å²) in [5.41, 5.74) is 1.12. The standard InChI is InChI=1S/C18H24N4O3.ClH/c1-2-8-25-16-12-22(14-6-4-3-5-7-14)21-17(16)18(24)20-10-13-9-19-11-15(13)23;/h3-7,12-13,15,19,23H,2,8-11H2,1H3,(H,20,24);1H. The van der Waals surface area contributed by atoms with Gasteiger partial charge in [-0.1, -0.05) is 25.1 Å². The van der Waals surface area contributed by atoms with Crippen LogP contribution in [-0.4, -0.2) is 53.1 Å². The highest BCUT2D eigenvalue weighted by Crippen LogP contribution is 2.20. The molecule has 2 aromatic rings. The smallest absolute Gasteiger partial charge is 0.275 e. The molecular formula is C18H25ClN4O3. The molecule has 1 aliphatic rings. The van der Waals surface area contributed by atoms with Gasteiger partial charge in [0.2, 0.25) is 0 Å². The van der Waals surface area contributed by atoms with Crippen molar-refractivity contribution in [2.24, 2.45) is 5.92 Å². The van der Waals surface area contributed by atoms with E-state index in [2.05, 4.69) is 15.7 Å². The number of amides is 1. The molecule has 1 aliphatic heterocycles. The summed E-state index contributed by atoms with van der Waals surface area (Å²) >= 11 is 0. The highest BCUT2D eigenvalue weighted by atomic mass is 35.5. The lowest BCUT2D eigenvalue weighted by Crippen LogP contribution is -2.34. The minimum absolute atomic E-state index is 0. The lowest BCUT2D eigenvalue weighted by molar-refractivity contribution is 0.0918. The lowest BCUT2D eigenvalue weighted by atomic mass is 10.1. The Kier molecular flexibility index (Phi) is 7.44. The summed E-state index contributed by atoms with van der Waals surface area (Å²) in [7, 11) is 0. The van der Waals surface area contributed by atoms with E-state index in [0.717, 1.165) is 12.1 Å². The van der Waals surface area contributed by atoms with E-state index in [0.29, 0.717) is 32.0 Å². The van der Waals surface area contributed by atoms with Crippen LogP contribution in [0.5, 0.6) is 5.75 Å². The Morgan fingerprint density at radius 2 is 2.15 bits per heavy atom. The molecule has 2 atom stereocenters. The summed E-state index contributed by atoms with van der Waals surface area (Å²) in [4.78, 5) is 12.6. The van der Waals surface area contributed by atoms with Crippen LogP contribution in [0.2, 0.25) is 0 Å². The third-order valence-electron chi connectivity index (χ3n) is 4.21. The van der Waals surface area contributed by atoms with Crippen LogP contribution in [0, 0.1) is 5.92 Å². The number of nitrogens with one attached hydrogen (secondary N) is 2. The number of benzene rings is 1. The Labute approximate surface area is 159 Å². The normalized spacial score (nSPS) is 19.0. The second kappa shape index (κ2) is 9.56. The van der Waals surface area contributed by atoms with Crippen molar-refractivity contribution in [2.45, 2.75) is 19.4 Å². The number of nitrogens with zero attached hydrogens (tertiary/aromatic N) is 2. The molecule has 1 aromatic carbocycles. The Balaban J connectivity index is 0.00000243. The number of carbonyl (C=O) groups is 1. The first-order valence-electron chi connectivity index (χ1n) is 8.64. The van der Waals surface area contributed by atoms with Crippen LogP contribution in [0.15, 0.2) is 36.5 Å².